The van der Waals surface area contributed by atoms with Crippen molar-refractivity contribution in [2.75, 3.05) is 0 Å². The summed E-state index contributed by atoms with van der Waals surface area (Å²) >= 11 is 5.51. The Morgan fingerprint density at radius 2 is 1.58 bits per heavy atom. The van der Waals surface area contributed by atoms with E-state index < -0.39 is 0 Å². The van der Waals surface area contributed by atoms with Crippen LogP contribution in [0.2, 0.25) is 0 Å². The van der Waals surface area contributed by atoms with Gasteiger partial charge in [0.05, 0.1) is 0 Å². The molecule has 0 bridgehead atoms. The molecule has 0 radical (unpaired) electrons. The monoisotopic (exact) mass is 272 g/mol. The molecule has 1 heterocycles. The van der Waals surface area contributed by atoms with Gasteiger partial charge in [-0.1, -0.05) is 61.8 Å². The maximum atomic E-state index is 5.51. The molecular formula is C16H20N2S. The number of rotatable bonds is 1. The Morgan fingerprint density at radius 1 is 0.947 bits per heavy atom. The van der Waals surface area contributed by atoms with Crippen LogP contribution in [0.5, 0.6) is 0 Å². The maximum absolute atomic E-state index is 5.51. The zero-order chi connectivity index (χ0) is 13.1. The van der Waals surface area contributed by atoms with Gasteiger partial charge in [-0.25, -0.2) is 0 Å². The number of hydrogen-bond donors (Lipinski definition) is 1. The molecule has 3 rings (SSSR count). The van der Waals surface area contributed by atoms with Crippen molar-refractivity contribution in [3.8, 4) is 0 Å². The Balaban J connectivity index is 1.88. The minimum Gasteiger partial charge on any atom is -0.351 e. The predicted molar refractivity (Wildman–Crippen MR) is 83.8 cm³/mol. The first-order valence-electron chi connectivity index (χ1n) is 7.27. The first kappa shape index (κ1) is 12.8. The lowest BCUT2D eigenvalue weighted by molar-refractivity contribution is 0.307. The maximum Gasteiger partial charge on any atom is 0.131 e. The average Bonchev–Trinajstić information content (AvgIpc) is 2.74. The van der Waals surface area contributed by atoms with Crippen molar-refractivity contribution in [2.45, 2.75) is 50.6 Å². The smallest absolute Gasteiger partial charge is 0.131 e. The second kappa shape index (κ2) is 5.41. The molecule has 2 nitrogen and oxygen atoms in total. The summed E-state index contributed by atoms with van der Waals surface area (Å²) in [7, 11) is 0. The van der Waals surface area contributed by atoms with E-state index in [1.807, 2.05) is 18.2 Å². The molecule has 1 aliphatic carbocycles. The molecule has 1 aromatic carbocycles. The van der Waals surface area contributed by atoms with Gasteiger partial charge in [0, 0.05) is 5.56 Å². The summed E-state index contributed by atoms with van der Waals surface area (Å²) in [4.78, 5) is 5.82. The van der Waals surface area contributed by atoms with Crippen LogP contribution >= 0.6 is 12.2 Å². The van der Waals surface area contributed by atoms with Gasteiger partial charge in [-0.2, -0.15) is 0 Å². The quantitative estimate of drug-likeness (QED) is 0.785. The topological polar surface area (TPSA) is 24.4 Å². The van der Waals surface area contributed by atoms with Crippen molar-refractivity contribution in [1.82, 2.24) is 5.32 Å². The molecule has 1 N–H and O–H groups in total. The summed E-state index contributed by atoms with van der Waals surface area (Å²) in [6.07, 6.45) is 8.75. The van der Waals surface area contributed by atoms with Crippen molar-refractivity contribution >= 4 is 22.9 Å². The molecule has 100 valence electrons. The summed E-state index contributed by atoms with van der Waals surface area (Å²) in [6.45, 7) is 0. The van der Waals surface area contributed by atoms with Crippen LogP contribution in [-0.2, 0) is 0 Å². The lowest BCUT2D eigenvalue weighted by Crippen LogP contribution is -2.42. The highest BCUT2D eigenvalue weighted by atomic mass is 32.1. The largest absolute Gasteiger partial charge is 0.351 e. The zero-order valence-corrected chi connectivity index (χ0v) is 12.0. The third-order valence-electron chi connectivity index (χ3n) is 4.12. The molecule has 1 aliphatic heterocycles. The van der Waals surface area contributed by atoms with Gasteiger partial charge >= 0.3 is 0 Å². The number of thiocarbonyl (C=S) groups is 1. The third-order valence-corrected chi connectivity index (χ3v) is 4.41. The number of aliphatic imine (C=N–C) groups is 1. The SMILES string of the molecule is S=C1NC2(CCCCCCC2)N=C1c1ccccc1. The van der Waals surface area contributed by atoms with Crippen LogP contribution in [0.25, 0.3) is 0 Å². The van der Waals surface area contributed by atoms with Crippen LogP contribution < -0.4 is 5.32 Å². The summed E-state index contributed by atoms with van der Waals surface area (Å²) < 4.78 is 0. The number of nitrogens with zero attached hydrogens (tertiary/aromatic N) is 1. The summed E-state index contributed by atoms with van der Waals surface area (Å²) in [5.74, 6) is 0. The highest BCUT2D eigenvalue weighted by Gasteiger charge is 2.37. The van der Waals surface area contributed by atoms with E-state index in [0.29, 0.717) is 0 Å². The molecule has 0 saturated heterocycles. The second-order valence-corrected chi connectivity index (χ2v) is 5.99. The minimum absolute atomic E-state index is 0.108. The predicted octanol–water partition coefficient (Wildman–Crippen LogP) is 3.85. The van der Waals surface area contributed by atoms with E-state index >= 15 is 0 Å². The van der Waals surface area contributed by atoms with E-state index in [-0.39, 0.29) is 5.66 Å². The summed E-state index contributed by atoms with van der Waals surface area (Å²) in [5.41, 5.74) is 2.01. The number of nitrogens with one attached hydrogen (secondary N) is 1. The van der Waals surface area contributed by atoms with Gasteiger partial charge in [-0.3, -0.25) is 4.99 Å². The Labute approximate surface area is 120 Å². The van der Waals surface area contributed by atoms with Crippen LogP contribution in [0.1, 0.15) is 50.5 Å². The Bertz CT molecular complexity index is 485. The highest BCUT2D eigenvalue weighted by Crippen LogP contribution is 2.31. The molecule has 19 heavy (non-hydrogen) atoms. The van der Waals surface area contributed by atoms with Gasteiger partial charge < -0.3 is 5.32 Å². The number of benzene rings is 1. The molecule has 1 aromatic rings. The summed E-state index contributed by atoms with van der Waals surface area (Å²) in [6, 6.07) is 10.3. The van der Waals surface area contributed by atoms with Crippen molar-refractivity contribution in [3.63, 3.8) is 0 Å². The molecule has 1 saturated carbocycles. The fourth-order valence-corrected chi connectivity index (χ4v) is 3.44. The highest BCUT2D eigenvalue weighted by molar-refractivity contribution is 7.82. The fourth-order valence-electron chi connectivity index (χ4n) is 3.08. The van der Waals surface area contributed by atoms with E-state index in [9.17, 15) is 0 Å². The Morgan fingerprint density at radius 3 is 2.26 bits per heavy atom. The molecule has 2 aliphatic rings. The van der Waals surface area contributed by atoms with Crippen molar-refractivity contribution < 1.29 is 0 Å². The van der Waals surface area contributed by atoms with Gasteiger partial charge in [0.2, 0.25) is 0 Å². The van der Waals surface area contributed by atoms with E-state index in [4.69, 9.17) is 17.2 Å². The Hall–Kier alpha value is -1.22. The van der Waals surface area contributed by atoms with Crippen molar-refractivity contribution in [3.05, 3.63) is 35.9 Å². The summed E-state index contributed by atoms with van der Waals surface area (Å²) in [5, 5.41) is 3.51. The third kappa shape index (κ3) is 2.71. The van der Waals surface area contributed by atoms with Gasteiger partial charge in [0.25, 0.3) is 0 Å². The molecule has 1 fully saturated rings. The molecule has 1 spiro atoms. The lowest BCUT2D eigenvalue weighted by Gasteiger charge is -2.28. The average molecular weight is 272 g/mol. The van der Waals surface area contributed by atoms with E-state index in [2.05, 4.69) is 17.4 Å². The van der Waals surface area contributed by atoms with Crippen molar-refractivity contribution in [2.24, 2.45) is 4.99 Å². The fraction of sp³-hybridized carbons (Fsp3) is 0.500. The molecule has 0 aromatic heterocycles. The van der Waals surface area contributed by atoms with Crippen molar-refractivity contribution in [1.29, 1.82) is 0 Å². The molecule has 0 atom stereocenters. The molecule has 0 unspecified atom stereocenters. The minimum atomic E-state index is -0.108. The van der Waals surface area contributed by atoms with E-state index in [0.717, 1.165) is 29.1 Å². The van der Waals surface area contributed by atoms with Gasteiger partial charge in [-0.05, 0) is 25.7 Å². The molecular weight excluding hydrogens is 252 g/mol. The van der Waals surface area contributed by atoms with Crippen LogP contribution in [0.3, 0.4) is 0 Å². The van der Waals surface area contributed by atoms with Gasteiger partial charge in [-0.15, -0.1) is 0 Å². The lowest BCUT2D eigenvalue weighted by atomic mass is 9.92. The van der Waals surface area contributed by atoms with Gasteiger partial charge in [0.15, 0.2) is 0 Å². The normalized spacial score (nSPS) is 22.5. The van der Waals surface area contributed by atoms with Crippen LogP contribution in [-0.4, -0.2) is 16.4 Å². The zero-order valence-electron chi connectivity index (χ0n) is 11.2. The molecule has 3 heteroatoms. The second-order valence-electron chi connectivity index (χ2n) is 5.58. The Kier molecular flexibility index (Phi) is 3.65. The van der Waals surface area contributed by atoms with E-state index in [1.165, 1.54) is 32.1 Å². The number of hydrogen-bond acceptors (Lipinski definition) is 2. The first-order valence-corrected chi connectivity index (χ1v) is 7.68. The van der Waals surface area contributed by atoms with Crippen LogP contribution in [0.15, 0.2) is 35.3 Å². The van der Waals surface area contributed by atoms with E-state index in [1.54, 1.807) is 0 Å². The first-order chi connectivity index (χ1) is 9.29. The van der Waals surface area contributed by atoms with Crippen LogP contribution in [0, 0.1) is 0 Å². The molecule has 0 amide bonds. The van der Waals surface area contributed by atoms with Crippen LogP contribution in [0.4, 0.5) is 0 Å². The van der Waals surface area contributed by atoms with Gasteiger partial charge in [0.1, 0.15) is 16.4 Å². The standard InChI is InChI=1S/C16H20N2S/c19-15-14(13-9-5-4-6-10-13)17-16(18-15)11-7-2-1-3-8-12-16/h4-6,9-10H,1-3,7-8,11-12H2,(H,18,19).